The van der Waals surface area contributed by atoms with E-state index < -0.39 is 30.3 Å². The molecule has 3 amide bonds. The van der Waals surface area contributed by atoms with Gasteiger partial charge in [-0.2, -0.15) is 0 Å². The van der Waals surface area contributed by atoms with Crippen LogP contribution in [0, 0.1) is 5.92 Å². The van der Waals surface area contributed by atoms with E-state index >= 15 is 0 Å². The van der Waals surface area contributed by atoms with E-state index in [1.54, 1.807) is 0 Å². The summed E-state index contributed by atoms with van der Waals surface area (Å²) < 4.78 is 5.42. The van der Waals surface area contributed by atoms with E-state index in [1.165, 1.54) is 4.90 Å². The third-order valence-electron chi connectivity index (χ3n) is 6.69. The number of nitrogens with one attached hydrogen (secondary N) is 2. The third kappa shape index (κ3) is 11.5. The SMILES string of the molecule is CC(C)C[C@@H](C=O)NC(=O)N(CCc1ccccc1)CC(O)C(Cc1ccccc1)NC(=O)OCc1ccccc1. The molecule has 0 saturated carbocycles. The number of hydrogen-bond acceptors (Lipinski definition) is 5. The van der Waals surface area contributed by atoms with Gasteiger partial charge in [0.2, 0.25) is 0 Å². The molecule has 0 saturated heterocycles. The molecule has 3 aromatic carbocycles. The number of aldehydes is 1. The van der Waals surface area contributed by atoms with E-state index in [0.29, 0.717) is 25.8 Å². The van der Waals surface area contributed by atoms with E-state index in [2.05, 4.69) is 10.6 Å². The van der Waals surface area contributed by atoms with Gasteiger partial charge in [0.05, 0.1) is 24.7 Å². The summed E-state index contributed by atoms with van der Waals surface area (Å²) in [6, 6.07) is 26.8. The molecule has 218 valence electrons. The van der Waals surface area contributed by atoms with Gasteiger partial charge in [0.25, 0.3) is 0 Å². The van der Waals surface area contributed by atoms with Crippen molar-refractivity contribution in [1.82, 2.24) is 15.5 Å². The molecule has 0 spiro atoms. The number of carbonyl (C=O) groups is 3. The number of amides is 3. The first-order valence-corrected chi connectivity index (χ1v) is 14.1. The number of carbonyl (C=O) groups excluding carboxylic acids is 3. The van der Waals surface area contributed by atoms with E-state index in [1.807, 2.05) is 105 Å². The highest BCUT2D eigenvalue weighted by molar-refractivity contribution is 5.78. The van der Waals surface area contributed by atoms with Crippen molar-refractivity contribution in [3.63, 3.8) is 0 Å². The minimum absolute atomic E-state index is 0.0532. The van der Waals surface area contributed by atoms with E-state index in [0.717, 1.165) is 23.0 Å². The Balaban J connectivity index is 1.74. The first-order valence-electron chi connectivity index (χ1n) is 14.1. The van der Waals surface area contributed by atoms with Crippen LogP contribution in [0.2, 0.25) is 0 Å². The fourth-order valence-electron chi connectivity index (χ4n) is 4.51. The molecular weight excluding hydrogens is 518 g/mol. The molecule has 2 unspecified atom stereocenters. The summed E-state index contributed by atoms with van der Waals surface area (Å²) in [5, 5.41) is 17.0. The largest absolute Gasteiger partial charge is 0.445 e. The van der Waals surface area contributed by atoms with E-state index in [9.17, 15) is 19.5 Å². The summed E-state index contributed by atoms with van der Waals surface area (Å²) in [4.78, 5) is 39.3. The molecule has 3 atom stereocenters. The second-order valence-electron chi connectivity index (χ2n) is 10.6. The predicted molar refractivity (Wildman–Crippen MR) is 159 cm³/mol. The van der Waals surface area contributed by atoms with Crippen molar-refractivity contribution in [3.05, 3.63) is 108 Å². The molecule has 8 nitrogen and oxygen atoms in total. The normalized spacial score (nSPS) is 13.1. The van der Waals surface area contributed by atoms with Crippen molar-refractivity contribution < 1.29 is 24.2 Å². The average Bonchev–Trinajstić information content (AvgIpc) is 2.98. The Labute approximate surface area is 242 Å². The highest BCUT2D eigenvalue weighted by atomic mass is 16.5. The van der Waals surface area contributed by atoms with Crippen LogP contribution in [0.25, 0.3) is 0 Å². The van der Waals surface area contributed by atoms with Gasteiger partial charge in [-0.3, -0.25) is 0 Å². The minimum atomic E-state index is -1.11. The summed E-state index contributed by atoms with van der Waals surface area (Å²) in [7, 11) is 0. The van der Waals surface area contributed by atoms with Crippen LogP contribution in [0.1, 0.15) is 37.0 Å². The first kappa shape index (κ1) is 31.4. The van der Waals surface area contributed by atoms with Gasteiger partial charge in [-0.05, 0) is 41.9 Å². The molecule has 0 heterocycles. The molecule has 0 aliphatic carbocycles. The summed E-state index contributed by atoms with van der Waals surface area (Å²) in [5.41, 5.74) is 2.80. The maximum absolute atomic E-state index is 13.3. The van der Waals surface area contributed by atoms with Crippen molar-refractivity contribution in [3.8, 4) is 0 Å². The summed E-state index contributed by atoms with van der Waals surface area (Å²) >= 11 is 0. The highest BCUT2D eigenvalue weighted by Crippen LogP contribution is 2.12. The molecule has 0 bridgehead atoms. The van der Waals surface area contributed by atoms with Crippen LogP contribution in [0.15, 0.2) is 91.0 Å². The molecule has 0 aliphatic rings. The molecule has 0 radical (unpaired) electrons. The zero-order valence-electron chi connectivity index (χ0n) is 23.8. The van der Waals surface area contributed by atoms with Crippen molar-refractivity contribution in [2.24, 2.45) is 5.92 Å². The Morgan fingerprint density at radius 1 is 0.854 bits per heavy atom. The Bertz CT molecular complexity index is 1190. The Kier molecular flexibility index (Phi) is 12.9. The van der Waals surface area contributed by atoms with E-state index in [4.69, 9.17) is 4.74 Å². The van der Waals surface area contributed by atoms with Crippen molar-refractivity contribution in [1.29, 1.82) is 0 Å². The number of benzene rings is 3. The Morgan fingerprint density at radius 2 is 1.41 bits per heavy atom. The molecule has 8 heteroatoms. The number of alkyl carbamates (subject to hydrolysis) is 1. The van der Waals surface area contributed by atoms with Crippen molar-refractivity contribution in [2.45, 2.75) is 57.9 Å². The highest BCUT2D eigenvalue weighted by Gasteiger charge is 2.28. The van der Waals surface area contributed by atoms with Crippen LogP contribution in [0.3, 0.4) is 0 Å². The summed E-state index contributed by atoms with van der Waals surface area (Å²) in [6.07, 6.45) is 0.378. The minimum Gasteiger partial charge on any atom is -0.445 e. The number of rotatable bonds is 15. The first-order chi connectivity index (χ1) is 19.8. The monoisotopic (exact) mass is 559 g/mol. The van der Waals surface area contributed by atoms with Crippen LogP contribution in [0.5, 0.6) is 0 Å². The molecule has 0 fully saturated rings. The second-order valence-corrected chi connectivity index (χ2v) is 10.6. The molecule has 0 aliphatic heterocycles. The van der Waals surface area contributed by atoms with Gasteiger partial charge < -0.3 is 30.2 Å². The lowest BCUT2D eigenvalue weighted by Gasteiger charge is -2.31. The summed E-state index contributed by atoms with van der Waals surface area (Å²) in [5.74, 6) is 0.218. The quantitative estimate of drug-likeness (QED) is 0.233. The standard InChI is InChI=1S/C33H41N3O5/c1-25(2)20-29(23-37)34-32(39)36(19-18-26-12-6-3-7-13-26)22-31(38)30(21-27-14-8-4-9-15-27)35-33(40)41-24-28-16-10-5-11-17-28/h3-17,23,25,29-31,38H,18-22,24H2,1-2H3,(H,34,39)(H,35,40)/t29-,30?,31?/m0/s1. The molecule has 3 rings (SSSR count). The van der Waals surface area contributed by atoms with Gasteiger partial charge in [-0.25, -0.2) is 9.59 Å². The van der Waals surface area contributed by atoms with Crippen LogP contribution in [-0.4, -0.2) is 59.7 Å². The van der Waals surface area contributed by atoms with Gasteiger partial charge >= 0.3 is 12.1 Å². The van der Waals surface area contributed by atoms with Gasteiger partial charge in [0.15, 0.2) is 0 Å². The van der Waals surface area contributed by atoms with Gasteiger partial charge in [-0.1, -0.05) is 105 Å². The van der Waals surface area contributed by atoms with E-state index in [-0.39, 0.29) is 19.1 Å². The van der Waals surface area contributed by atoms with Crippen LogP contribution in [-0.2, 0) is 29.0 Å². The maximum Gasteiger partial charge on any atom is 0.407 e. The fraction of sp³-hybridized carbons (Fsp3) is 0.364. The predicted octanol–water partition coefficient (Wildman–Crippen LogP) is 4.75. The number of hydrogen-bond donors (Lipinski definition) is 3. The van der Waals surface area contributed by atoms with Gasteiger partial charge in [0, 0.05) is 6.54 Å². The molecule has 3 aromatic rings. The number of ether oxygens (including phenoxy) is 1. The molecule has 3 N–H and O–H groups in total. The zero-order valence-corrected chi connectivity index (χ0v) is 23.8. The number of nitrogens with zero attached hydrogens (tertiary/aromatic N) is 1. The van der Waals surface area contributed by atoms with Gasteiger partial charge in [0.1, 0.15) is 12.9 Å². The number of urea groups is 1. The van der Waals surface area contributed by atoms with Gasteiger partial charge in [-0.15, -0.1) is 0 Å². The van der Waals surface area contributed by atoms with Crippen LogP contribution >= 0.6 is 0 Å². The van der Waals surface area contributed by atoms with Crippen molar-refractivity contribution >= 4 is 18.4 Å². The lowest BCUT2D eigenvalue weighted by molar-refractivity contribution is -0.109. The smallest absolute Gasteiger partial charge is 0.407 e. The third-order valence-corrected chi connectivity index (χ3v) is 6.69. The zero-order chi connectivity index (χ0) is 29.5. The lowest BCUT2D eigenvalue weighted by atomic mass is 10.0. The average molecular weight is 560 g/mol. The molecular formula is C33H41N3O5. The Hall–Kier alpha value is -4.17. The molecule has 0 aromatic heterocycles. The van der Waals surface area contributed by atoms with Crippen LogP contribution < -0.4 is 10.6 Å². The Morgan fingerprint density at radius 3 is 1.98 bits per heavy atom. The number of aliphatic hydroxyl groups is 1. The maximum atomic E-state index is 13.3. The van der Waals surface area contributed by atoms with Crippen molar-refractivity contribution in [2.75, 3.05) is 13.1 Å². The summed E-state index contributed by atoms with van der Waals surface area (Å²) in [6.45, 7) is 4.32. The molecule has 41 heavy (non-hydrogen) atoms. The lowest BCUT2D eigenvalue weighted by Crippen LogP contribution is -2.54. The second kappa shape index (κ2) is 16.8. The van der Waals surface area contributed by atoms with Crippen LogP contribution in [0.4, 0.5) is 9.59 Å². The fourth-order valence-corrected chi connectivity index (χ4v) is 4.51. The topological polar surface area (TPSA) is 108 Å². The number of aliphatic hydroxyl groups excluding tert-OH is 1.